The van der Waals surface area contributed by atoms with Gasteiger partial charge in [0.2, 0.25) is 0 Å². The zero-order chi connectivity index (χ0) is 17.0. The Kier molecular flexibility index (Phi) is 4.85. The van der Waals surface area contributed by atoms with Crippen molar-refractivity contribution in [2.45, 2.75) is 0 Å². The molecule has 0 heterocycles. The second kappa shape index (κ2) is 6.82. The van der Waals surface area contributed by atoms with Crippen molar-refractivity contribution >= 4 is 23.4 Å². The van der Waals surface area contributed by atoms with Crippen LogP contribution in [0.4, 0.5) is 29.3 Å². The molecule has 2 rings (SSSR count). The van der Waals surface area contributed by atoms with Crippen molar-refractivity contribution in [1.82, 2.24) is 0 Å². The first-order chi connectivity index (χ1) is 10.9. The number of methoxy groups -OCH3 is 1. The van der Waals surface area contributed by atoms with Crippen LogP contribution in [0.1, 0.15) is 10.4 Å². The first-order valence-corrected chi connectivity index (χ1v) is 6.31. The third kappa shape index (κ3) is 4.00. The topological polar surface area (TPSA) is 67.4 Å². The van der Waals surface area contributed by atoms with Crippen molar-refractivity contribution in [2.24, 2.45) is 0 Å². The first kappa shape index (κ1) is 16.3. The van der Waals surface area contributed by atoms with Gasteiger partial charge in [0.25, 0.3) is 5.91 Å². The van der Waals surface area contributed by atoms with Crippen LogP contribution in [0.5, 0.6) is 0 Å². The highest BCUT2D eigenvalue weighted by Crippen LogP contribution is 2.20. The molecule has 0 radical (unpaired) electrons. The summed E-state index contributed by atoms with van der Waals surface area (Å²) >= 11 is 0. The summed E-state index contributed by atoms with van der Waals surface area (Å²) in [5.74, 6) is -3.70. The quantitative estimate of drug-likeness (QED) is 0.907. The molecule has 2 aromatic carbocycles. The van der Waals surface area contributed by atoms with E-state index in [1.165, 1.54) is 6.07 Å². The van der Waals surface area contributed by atoms with Gasteiger partial charge < -0.3 is 10.1 Å². The van der Waals surface area contributed by atoms with E-state index in [1.54, 1.807) is 0 Å². The standard InChI is InChI=1S/C15H11F3N2O3/c1-23-15(22)20-13-7-9(3-5-11(13)17)19-14(21)8-2-4-10(16)12(18)6-8/h2-7H,1H3,(H,19,21)(H,20,22). The number of carbonyl (C=O) groups excluding carboxylic acids is 2. The van der Waals surface area contributed by atoms with Crippen molar-refractivity contribution < 1.29 is 27.5 Å². The van der Waals surface area contributed by atoms with Crippen LogP contribution >= 0.6 is 0 Å². The van der Waals surface area contributed by atoms with E-state index in [-0.39, 0.29) is 16.9 Å². The van der Waals surface area contributed by atoms with Crippen LogP contribution in [-0.4, -0.2) is 19.1 Å². The highest BCUT2D eigenvalue weighted by atomic mass is 19.2. The number of amides is 2. The molecule has 0 aliphatic rings. The van der Waals surface area contributed by atoms with E-state index >= 15 is 0 Å². The Morgan fingerprint density at radius 3 is 2.26 bits per heavy atom. The van der Waals surface area contributed by atoms with E-state index < -0.39 is 29.5 Å². The van der Waals surface area contributed by atoms with Gasteiger partial charge in [0, 0.05) is 11.3 Å². The molecule has 2 N–H and O–H groups in total. The van der Waals surface area contributed by atoms with E-state index in [0.717, 1.165) is 37.4 Å². The predicted molar refractivity (Wildman–Crippen MR) is 76.7 cm³/mol. The minimum absolute atomic E-state index is 0.115. The molecule has 0 saturated heterocycles. The van der Waals surface area contributed by atoms with Gasteiger partial charge in [-0.3, -0.25) is 10.1 Å². The average molecular weight is 324 g/mol. The Morgan fingerprint density at radius 2 is 1.61 bits per heavy atom. The summed E-state index contributed by atoms with van der Waals surface area (Å²) in [6.07, 6.45) is -0.881. The second-order valence-electron chi connectivity index (χ2n) is 4.39. The van der Waals surface area contributed by atoms with Crippen molar-refractivity contribution in [3.05, 3.63) is 59.4 Å². The summed E-state index contributed by atoms with van der Waals surface area (Å²) in [5, 5.41) is 4.51. The molecule has 0 aliphatic heterocycles. The molecule has 2 aromatic rings. The number of anilines is 2. The molecule has 0 aliphatic carbocycles. The van der Waals surface area contributed by atoms with Crippen molar-refractivity contribution in [2.75, 3.05) is 17.7 Å². The first-order valence-electron chi connectivity index (χ1n) is 6.31. The summed E-state index contributed by atoms with van der Waals surface area (Å²) in [7, 11) is 1.11. The molecule has 120 valence electrons. The monoisotopic (exact) mass is 324 g/mol. The normalized spacial score (nSPS) is 10.1. The zero-order valence-electron chi connectivity index (χ0n) is 11.8. The fourth-order valence-corrected chi connectivity index (χ4v) is 1.70. The largest absolute Gasteiger partial charge is 0.453 e. The molecule has 0 fully saturated rings. The van der Waals surface area contributed by atoms with Gasteiger partial charge in [0.05, 0.1) is 12.8 Å². The molecular weight excluding hydrogens is 313 g/mol. The molecule has 0 unspecified atom stereocenters. The number of benzene rings is 2. The number of nitrogens with one attached hydrogen (secondary N) is 2. The summed E-state index contributed by atoms with van der Waals surface area (Å²) in [4.78, 5) is 23.0. The predicted octanol–water partition coefficient (Wildman–Crippen LogP) is 3.53. The molecule has 0 bridgehead atoms. The second-order valence-corrected chi connectivity index (χ2v) is 4.39. The summed E-state index contributed by atoms with van der Waals surface area (Å²) in [6, 6.07) is 6.08. The fraction of sp³-hybridized carbons (Fsp3) is 0.0667. The Labute approximate surface area is 129 Å². The third-order valence-corrected chi connectivity index (χ3v) is 2.83. The highest BCUT2D eigenvalue weighted by Gasteiger charge is 2.12. The van der Waals surface area contributed by atoms with Crippen LogP contribution in [0.2, 0.25) is 0 Å². The Bertz CT molecular complexity index is 766. The summed E-state index contributed by atoms with van der Waals surface area (Å²) in [6.45, 7) is 0. The van der Waals surface area contributed by atoms with Crippen molar-refractivity contribution in [3.63, 3.8) is 0 Å². The molecule has 0 atom stereocenters. The van der Waals surface area contributed by atoms with Gasteiger partial charge >= 0.3 is 6.09 Å². The molecule has 0 spiro atoms. The van der Waals surface area contributed by atoms with Gasteiger partial charge in [-0.2, -0.15) is 0 Å². The van der Waals surface area contributed by atoms with E-state index in [9.17, 15) is 22.8 Å². The lowest BCUT2D eigenvalue weighted by Crippen LogP contribution is -2.15. The fourth-order valence-electron chi connectivity index (χ4n) is 1.70. The van der Waals surface area contributed by atoms with Gasteiger partial charge in [-0.15, -0.1) is 0 Å². The zero-order valence-corrected chi connectivity index (χ0v) is 11.8. The lowest BCUT2D eigenvalue weighted by molar-refractivity contribution is 0.102. The van der Waals surface area contributed by atoms with Gasteiger partial charge in [-0.05, 0) is 36.4 Å². The number of carbonyl (C=O) groups is 2. The van der Waals surface area contributed by atoms with Gasteiger partial charge in [0.15, 0.2) is 11.6 Å². The summed E-state index contributed by atoms with van der Waals surface area (Å²) in [5.41, 5.74) is -0.178. The molecule has 8 heteroatoms. The highest BCUT2D eigenvalue weighted by molar-refractivity contribution is 6.04. The average Bonchev–Trinajstić information content (AvgIpc) is 2.53. The maximum absolute atomic E-state index is 13.5. The molecule has 2 amide bonds. The van der Waals surface area contributed by atoms with Gasteiger partial charge in [0.1, 0.15) is 5.82 Å². The van der Waals surface area contributed by atoms with Crippen LogP contribution in [0.15, 0.2) is 36.4 Å². The number of hydrogen-bond acceptors (Lipinski definition) is 3. The van der Waals surface area contributed by atoms with Crippen LogP contribution in [0.3, 0.4) is 0 Å². The number of rotatable bonds is 3. The molecule has 23 heavy (non-hydrogen) atoms. The molecular formula is C15H11F3N2O3. The van der Waals surface area contributed by atoms with Gasteiger partial charge in [-0.25, -0.2) is 18.0 Å². The van der Waals surface area contributed by atoms with E-state index in [2.05, 4.69) is 15.4 Å². The lowest BCUT2D eigenvalue weighted by atomic mass is 10.2. The van der Waals surface area contributed by atoms with Crippen LogP contribution in [0, 0.1) is 17.5 Å². The van der Waals surface area contributed by atoms with Gasteiger partial charge in [-0.1, -0.05) is 0 Å². The van der Waals surface area contributed by atoms with Crippen LogP contribution < -0.4 is 10.6 Å². The smallest absolute Gasteiger partial charge is 0.411 e. The lowest BCUT2D eigenvalue weighted by Gasteiger charge is -2.09. The number of hydrogen-bond donors (Lipinski definition) is 2. The molecule has 0 aromatic heterocycles. The number of halogens is 3. The van der Waals surface area contributed by atoms with Crippen molar-refractivity contribution in [1.29, 1.82) is 0 Å². The van der Waals surface area contributed by atoms with Crippen LogP contribution in [-0.2, 0) is 4.74 Å². The minimum atomic E-state index is -1.16. The van der Waals surface area contributed by atoms with Crippen molar-refractivity contribution in [3.8, 4) is 0 Å². The SMILES string of the molecule is COC(=O)Nc1cc(NC(=O)c2ccc(F)c(F)c2)ccc1F. The van der Waals surface area contributed by atoms with E-state index in [0.29, 0.717) is 0 Å². The number of ether oxygens (including phenoxy) is 1. The molecule has 5 nitrogen and oxygen atoms in total. The Hall–Kier alpha value is -3.03. The Balaban J connectivity index is 2.19. The van der Waals surface area contributed by atoms with Crippen LogP contribution in [0.25, 0.3) is 0 Å². The molecule has 0 saturated carbocycles. The maximum atomic E-state index is 13.5. The Morgan fingerprint density at radius 1 is 0.913 bits per heavy atom. The van der Waals surface area contributed by atoms with E-state index in [1.807, 2.05) is 0 Å². The summed E-state index contributed by atoms with van der Waals surface area (Å²) < 4.78 is 43.8. The third-order valence-electron chi connectivity index (χ3n) is 2.83. The maximum Gasteiger partial charge on any atom is 0.411 e. The van der Waals surface area contributed by atoms with E-state index in [4.69, 9.17) is 0 Å². The minimum Gasteiger partial charge on any atom is -0.453 e.